The first kappa shape index (κ1) is 16.5. The molecule has 2 N–H and O–H groups in total. The maximum absolute atomic E-state index is 12.1. The van der Waals surface area contributed by atoms with E-state index in [2.05, 4.69) is 37.4 Å². The van der Waals surface area contributed by atoms with Crippen molar-refractivity contribution in [3.63, 3.8) is 0 Å². The SMILES string of the molecule is CC(=O)N1c2ccccc2C(NC2CCC(O)CC2)C(C)C1C. The largest absolute Gasteiger partial charge is 0.393 e. The van der Waals surface area contributed by atoms with Gasteiger partial charge in [-0.05, 0) is 50.2 Å². The molecule has 3 atom stereocenters. The fourth-order valence-corrected chi connectivity index (χ4v) is 4.18. The van der Waals surface area contributed by atoms with E-state index in [-0.39, 0.29) is 24.1 Å². The molecule has 1 aliphatic heterocycles. The lowest BCUT2D eigenvalue weighted by molar-refractivity contribution is -0.117. The zero-order chi connectivity index (χ0) is 16.6. The molecule has 1 aromatic carbocycles. The highest BCUT2D eigenvalue weighted by Gasteiger charge is 2.38. The van der Waals surface area contributed by atoms with Crippen molar-refractivity contribution in [3.05, 3.63) is 29.8 Å². The van der Waals surface area contributed by atoms with Crippen LogP contribution in [0.1, 0.15) is 58.1 Å². The molecule has 0 bridgehead atoms. The Kier molecular flexibility index (Phi) is 4.74. The highest BCUT2D eigenvalue weighted by molar-refractivity contribution is 5.93. The van der Waals surface area contributed by atoms with Crippen molar-refractivity contribution in [2.45, 2.75) is 70.7 Å². The highest BCUT2D eigenvalue weighted by atomic mass is 16.3. The lowest BCUT2D eigenvalue weighted by Crippen LogP contribution is -2.51. The average molecular weight is 316 g/mol. The molecule has 0 saturated heterocycles. The molecule has 1 aliphatic carbocycles. The van der Waals surface area contributed by atoms with Crippen molar-refractivity contribution in [3.8, 4) is 0 Å². The van der Waals surface area contributed by atoms with Crippen molar-refractivity contribution in [1.82, 2.24) is 5.32 Å². The number of fused-ring (bicyclic) bond motifs is 1. The van der Waals surface area contributed by atoms with E-state index in [0.29, 0.717) is 12.0 Å². The molecule has 1 aromatic rings. The van der Waals surface area contributed by atoms with Crippen molar-refractivity contribution in [2.75, 3.05) is 4.90 Å². The molecular formula is C19H28N2O2. The molecular weight excluding hydrogens is 288 g/mol. The Balaban J connectivity index is 1.87. The minimum atomic E-state index is -0.128. The van der Waals surface area contributed by atoms with Gasteiger partial charge in [0.2, 0.25) is 5.91 Å². The second-order valence-corrected chi connectivity index (χ2v) is 7.20. The van der Waals surface area contributed by atoms with Gasteiger partial charge in [-0.3, -0.25) is 4.79 Å². The van der Waals surface area contributed by atoms with Gasteiger partial charge in [0, 0.05) is 30.7 Å². The minimum absolute atomic E-state index is 0.107. The molecule has 0 radical (unpaired) electrons. The van der Waals surface area contributed by atoms with Crippen LogP contribution < -0.4 is 10.2 Å². The van der Waals surface area contributed by atoms with Crippen LogP contribution in [0.3, 0.4) is 0 Å². The van der Waals surface area contributed by atoms with E-state index in [1.54, 1.807) is 6.92 Å². The number of rotatable bonds is 2. The molecule has 1 fully saturated rings. The van der Waals surface area contributed by atoms with Gasteiger partial charge in [0.25, 0.3) is 0 Å². The summed E-state index contributed by atoms with van der Waals surface area (Å²) in [4.78, 5) is 14.1. The third kappa shape index (κ3) is 3.15. The fourth-order valence-electron chi connectivity index (χ4n) is 4.18. The van der Waals surface area contributed by atoms with Crippen molar-refractivity contribution >= 4 is 11.6 Å². The first-order chi connectivity index (χ1) is 11.0. The average Bonchev–Trinajstić information content (AvgIpc) is 2.53. The Hall–Kier alpha value is -1.39. The number of hydrogen-bond acceptors (Lipinski definition) is 3. The Morgan fingerprint density at radius 1 is 1.17 bits per heavy atom. The van der Waals surface area contributed by atoms with Crippen LogP contribution >= 0.6 is 0 Å². The zero-order valence-electron chi connectivity index (χ0n) is 14.3. The molecule has 1 saturated carbocycles. The summed E-state index contributed by atoms with van der Waals surface area (Å²) >= 11 is 0. The van der Waals surface area contributed by atoms with Crippen LogP contribution in [0.15, 0.2) is 24.3 Å². The van der Waals surface area contributed by atoms with Gasteiger partial charge in [0.15, 0.2) is 0 Å². The Morgan fingerprint density at radius 3 is 2.48 bits per heavy atom. The second-order valence-electron chi connectivity index (χ2n) is 7.20. The van der Waals surface area contributed by atoms with E-state index in [1.165, 1.54) is 5.56 Å². The van der Waals surface area contributed by atoms with Crippen LogP contribution in [0.4, 0.5) is 5.69 Å². The van der Waals surface area contributed by atoms with Crippen molar-refractivity contribution in [2.24, 2.45) is 5.92 Å². The predicted molar refractivity (Wildman–Crippen MR) is 92.4 cm³/mol. The van der Waals surface area contributed by atoms with Gasteiger partial charge in [-0.25, -0.2) is 0 Å². The number of aliphatic hydroxyl groups is 1. The molecule has 1 amide bonds. The van der Waals surface area contributed by atoms with Gasteiger partial charge in [-0.1, -0.05) is 25.1 Å². The fraction of sp³-hybridized carbons (Fsp3) is 0.632. The maximum Gasteiger partial charge on any atom is 0.224 e. The summed E-state index contributed by atoms with van der Waals surface area (Å²) in [7, 11) is 0. The second kappa shape index (κ2) is 6.62. The number of carbonyl (C=O) groups excluding carboxylic acids is 1. The smallest absolute Gasteiger partial charge is 0.224 e. The van der Waals surface area contributed by atoms with Gasteiger partial charge in [-0.2, -0.15) is 0 Å². The predicted octanol–water partition coefficient (Wildman–Crippen LogP) is 3.01. The van der Waals surface area contributed by atoms with E-state index >= 15 is 0 Å². The lowest BCUT2D eigenvalue weighted by atomic mass is 9.81. The van der Waals surface area contributed by atoms with Crippen molar-refractivity contribution < 1.29 is 9.90 Å². The molecule has 1 heterocycles. The van der Waals surface area contributed by atoms with Crippen LogP contribution in [0.25, 0.3) is 0 Å². The maximum atomic E-state index is 12.1. The number of anilines is 1. The van der Waals surface area contributed by atoms with Gasteiger partial charge in [0.1, 0.15) is 0 Å². The number of amides is 1. The van der Waals surface area contributed by atoms with E-state index in [4.69, 9.17) is 0 Å². The molecule has 4 nitrogen and oxygen atoms in total. The molecule has 2 aliphatic rings. The molecule has 4 heteroatoms. The topological polar surface area (TPSA) is 52.6 Å². The van der Waals surface area contributed by atoms with Crippen LogP contribution in [0.5, 0.6) is 0 Å². The van der Waals surface area contributed by atoms with E-state index in [0.717, 1.165) is 31.4 Å². The van der Waals surface area contributed by atoms with Crippen LogP contribution in [-0.4, -0.2) is 29.2 Å². The number of nitrogens with one attached hydrogen (secondary N) is 1. The Bertz CT molecular complexity index is 566. The van der Waals surface area contributed by atoms with Crippen LogP contribution in [0, 0.1) is 5.92 Å². The van der Waals surface area contributed by atoms with Gasteiger partial charge in [0.05, 0.1) is 6.10 Å². The number of carbonyl (C=O) groups is 1. The van der Waals surface area contributed by atoms with Crippen LogP contribution in [0.2, 0.25) is 0 Å². The number of para-hydroxylation sites is 1. The standard InChI is InChI=1S/C19H28N2O2/c1-12-13(2)21(14(3)22)18-7-5-4-6-17(18)19(12)20-15-8-10-16(23)11-9-15/h4-7,12-13,15-16,19-20,23H,8-11H2,1-3H3. The summed E-state index contributed by atoms with van der Waals surface area (Å²) < 4.78 is 0. The molecule has 126 valence electrons. The van der Waals surface area contributed by atoms with E-state index in [1.807, 2.05) is 11.0 Å². The zero-order valence-corrected chi connectivity index (χ0v) is 14.3. The molecule has 3 rings (SSSR count). The molecule has 3 unspecified atom stereocenters. The number of hydrogen-bond donors (Lipinski definition) is 2. The number of benzene rings is 1. The van der Waals surface area contributed by atoms with E-state index < -0.39 is 0 Å². The first-order valence-electron chi connectivity index (χ1n) is 8.82. The van der Waals surface area contributed by atoms with E-state index in [9.17, 15) is 9.90 Å². The quantitative estimate of drug-likeness (QED) is 0.882. The molecule has 0 aromatic heterocycles. The monoisotopic (exact) mass is 316 g/mol. The first-order valence-corrected chi connectivity index (χ1v) is 8.82. The van der Waals surface area contributed by atoms with Gasteiger partial charge < -0.3 is 15.3 Å². The van der Waals surface area contributed by atoms with Crippen LogP contribution in [-0.2, 0) is 4.79 Å². The molecule has 0 spiro atoms. The summed E-state index contributed by atoms with van der Waals surface area (Å²) in [6.07, 6.45) is 3.69. The molecule has 23 heavy (non-hydrogen) atoms. The summed E-state index contributed by atoms with van der Waals surface area (Å²) in [5.74, 6) is 0.455. The lowest BCUT2D eigenvalue weighted by Gasteiger charge is -2.45. The Morgan fingerprint density at radius 2 is 1.83 bits per heavy atom. The third-order valence-electron chi connectivity index (χ3n) is 5.68. The minimum Gasteiger partial charge on any atom is -0.393 e. The summed E-state index contributed by atoms with van der Waals surface area (Å²) in [6, 6.07) is 9.15. The normalized spacial score (nSPS) is 34.1. The van der Waals surface area contributed by atoms with Crippen molar-refractivity contribution in [1.29, 1.82) is 0 Å². The number of nitrogens with zero attached hydrogens (tertiary/aromatic N) is 1. The summed E-state index contributed by atoms with van der Waals surface area (Å²) in [5, 5.41) is 13.5. The van der Waals surface area contributed by atoms with Gasteiger partial charge >= 0.3 is 0 Å². The van der Waals surface area contributed by atoms with Gasteiger partial charge in [-0.15, -0.1) is 0 Å². The summed E-state index contributed by atoms with van der Waals surface area (Å²) in [6.45, 7) is 6.02. The number of aliphatic hydroxyl groups excluding tert-OH is 1. The Labute approximate surface area is 138 Å². The summed E-state index contributed by atoms with van der Waals surface area (Å²) in [5.41, 5.74) is 2.26. The highest BCUT2D eigenvalue weighted by Crippen LogP contribution is 2.41. The third-order valence-corrected chi connectivity index (χ3v) is 5.68.